The van der Waals surface area contributed by atoms with Gasteiger partial charge in [-0.15, -0.1) is 0 Å². The maximum atomic E-state index is 13.1. The van der Waals surface area contributed by atoms with E-state index in [4.69, 9.17) is 14.2 Å². The number of ether oxygens (including phenoxy) is 3. The van der Waals surface area contributed by atoms with Gasteiger partial charge in [0.25, 0.3) is 5.91 Å². The number of methoxy groups -OCH3 is 2. The molecule has 0 bridgehead atoms. The van der Waals surface area contributed by atoms with Crippen LogP contribution < -0.4 is 30.7 Å². The van der Waals surface area contributed by atoms with E-state index in [1.807, 2.05) is 13.8 Å². The van der Waals surface area contributed by atoms with Crippen LogP contribution in [0.4, 0.5) is 4.79 Å². The van der Waals surface area contributed by atoms with Gasteiger partial charge in [-0.25, -0.2) is 4.79 Å². The quantitative estimate of drug-likeness (QED) is 0.235. The number of urea groups is 1. The first-order chi connectivity index (χ1) is 18.7. The number of amides is 4. The Morgan fingerprint density at radius 2 is 1.59 bits per heavy atom. The highest BCUT2D eigenvalue weighted by Crippen LogP contribution is 2.22. The maximum absolute atomic E-state index is 13.1. The molecule has 2 rings (SSSR count). The normalized spacial score (nSPS) is 15.1. The highest BCUT2D eigenvalue weighted by Gasteiger charge is 2.29. The van der Waals surface area contributed by atoms with Crippen molar-refractivity contribution in [3.05, 3.63) is 23.8 Å². The Balaban J connectivity index is 1.91. The summed E-state index contributed by atoms with van der Waals surface area (Å²) in [5.74, 6) is -0.891. The molecule has 1 fully saturated rings. The molecule has 12 nitrogen and oxygen atoms in total. The van der Waals surface area contributed by atoms with Crippen molar-refractivity contribution in [3.8, 4) is 11.5 Å². The summed E-state index contributed by atoms with van der Waals surface area (Å²) in [5.41, 5.74) is 0.685. The molecule has 0 radical (unpaired) electrons. The van der Waals surface area contributed by atoms with E-state index < -0.39 is 35.7 Å². The number of nitrogens with one attached hydrogen (secondary N) is 4. The smallest absolute Gasteiger partial charge is 0.315 e. The van der Waals surface area contributed by atoms with Crippen LogP contribution in [-0.2, 0) is 25.7 Å². The van der Waals surface area contributed by atoms with Gasteiger partial charge in [0.15, 0.2) is 0 Å². The van der Waals surface area contributed by atoms with E-state index in [1.54, 1.807) is 25.1 Å². The third-order valence-corrected chi connectivity index (χ3v) is 6.28. The average molecular weight is 550 g/mol. The Bertz CT molecular complexity index is 944. The van der Waals surface area contributed by atoms with Gasteiger partial charge in [-0.05, 0) is 36.5 Å². The molecular weight excluding hydrogens is 506 g/mol. The first kappa shape index (κ1) is 31.8. The lowest BCUT2D eigenvalue weighted by Gasteiger charge is -2.27. The monoisotopic (exact) mass is 549 g/mol. The second kappa shape index (κ2) is 16.6. The Kier molecular flexibility index (Phi) is 13.5. The molecule has 4 N–H and O–H groups in total. The summed E-state index contributed by atoms with van der Waals surface area (Å²) < 4.78 is 15.8. The van der Waals surface area contributed by atoms with Gasteiger partial charge in [-0.1, -0.05) is 20.8 Å². The van der Waals surface area contributed by atoms with Gasteiger partial charge >= 0.3 is 6.03 Å². The van der Waals surface area contributed by atoms with Crippen LogP contribution in [0.3, 0.4) is 0 Å². The van der Waals surface area contributed by atoms with Crippen LogP contribution in [0, 0.1) is 5.92 Å². The molecule has 4 amide bonds. The standard InChI is InChI=1S/C27H43N5O7/c1-6-22(24(33)26(35)29-17-19-14-20(37-4)16-21(15-19)38-5)30-25(34)23(13-18(2)3)31-27(36)28-7-8-32-9-11-39-12-10-32/h14-16,18,22-23H,6-13,17H2,1-5H3,(H,29,35)(H,30,34)(H2,28,31,36)/t22?,23-/m0/s1. The Hall–Kier alpha value is -3.38. The minimum atomic E-state index is -1.03. The summed E-state index contributed by atoms with van der Waals surface area (Å²) in [6.45, 7) is 9.73. The summed E-state index contributed by atoms with van der Waals surface area (Å²) in [7, 11) is 3.04. The van der Waals surface area contributed by atoms with E-state index in [0.717, 1.165) is 13.1 Å². The second-order valence-electron chi connectivity index (χ2n) is 9.77. The molecule has 1 aromatic rings. The molecule has 1 aromatic carbocycles. The van der Waals surface area contributed by atoms with Crippen molar-refractivity contribution in [3.63, 3.8) is 0 Å². The molecule has 1 heterocycles. The predicted molar refractivity (Wildman–Crippen MR) is 146 cm³/mol. The number of carbonyl (C=O) groups excluding carboxylic acids is 4. The topological polar surface area (TPSA) is 147 Å². The Labute approximate surface area is 230 Å². The molecule has 218 valence electrons. The molecule has 1 unspecified atom stereocenters. The molecule has 2 atom stereocenters. The summed E-state index contributed by atoms with van der Waals surface area (Å²) in [5, 5.41) is 10.7. The first-order valence-corrected chi connectivity index (χ1v) is 13.4. The number of benzene rings is 1. The Morgan fingerprint density at radius 1 is 0.949 bits per heavy atom. The zero-order valence-electron chi connectivity index (χ0n) is 23.6. The van der Waals surface area contributed by atoms with E-state index >= 15 is 0 Å². The maximum Gasteiger partial charge on any atom is 0.315 e. The van der Waals surface area contributed by atoms with Crippen LogP contribution in [0.5, 0.6) is 11.5 Å². The van der Waals surface area contributed by atoms with Crippen LogP contribution in [0.2, 0.25) is 0 Å². The average Bonchev–Trinajstić information content (AvgIpc) is 2.93. The number of Topliss-reactive ketones (excluding diaryl/α,β-unsaturated/α-hetero) is 1. The highest BCUT2D eigenvalue weighted by atomic mass is 16.5. The largest absolute Gasteiger partial charge is 0.497 e. The van der Waals surface area contributed by atoms with Crippen molar-refractivity contribution in [1.82, 2.24) is 26.2 Å². The fraction of sp³-hybridized carbons (Fsp3) is 0.630. The molecule has 0 saturated carbocycles. The lowest BCUT2D eigenvalue weighted by molar-refractivity contribution is -0.140. The number of hydrogen-bond acceptors (Lipinski definition) is 8. The number of hydrogen-bond donors (Lipinski definition) is 4. The predicted octanol–water partition coefficient (Wildman–Crippen LogP) is 0.830. The second-order valence-corrected chi connectivity index (χ2v) is 9.77. The van der Waals surface area contributed by atoms with Crippen molar-refractivity contribution in [1.29, 1.82) is 0 Å². The number of rotatable bonds is 15. The fourth-order valence-electron chi connectivity index (χ4n) is 4.09. The molecule has 1 aliphatic heterocycles. The van der Waals surface area contributed by atoms with E-state index in [2.05, 4.69) is 26.2 Å². The fourth-order valence-corrected chi connectivity index (χ4v) is 4.09. The zero-order valence-corrected chi connectivity index (χ0v) is 23.6. The van der Waals surface area contributed by atoms with Crippen molar-refractivity contribution in [2.45, 2.75) is 52.2 Å². The lowest BCUT2D eigenvalue weighted by atomic mass is 10.0. The van der Waals surface area contributed by atoms with Crippen LogP contribution in [0.15, 0.2) is 18.2 Å². The van der Waals surface area contributed by atoms with Gasteiger partial charge in [-0.3, -0.25) is 19.3 Å². The van der Waals surface area contributed by atoms with Crippen molar-refractivity contribution in [2.24, 2.45) is 5.92 Å². The van der Waals surface area contributed by atoms with Crippen LogP contribution in [-0.4, -0.2) is 94.2 Å². The van der Waals surface area contributed by atoms with Gasteiger partial charge in [-0.2, -0.15) is 0 Å². The summed E-state index contributed by atoms with van der Waals surface area (Å²) in [6.07, 6.45) is 0.586. The SMILES string of the molecule is CCC(NC(=O)[C@H](CC(C)C)NC(=O)NCCN1CCOCC1)C(=O)C(=O)NCc1cc(OC)cc(OC)c1. The van der Waals surface area contributed by atoms with Gasteiger partial charge in [0, 0.05) is 38.8 Å². The highest BCUT2D eigenvalue weighted by molar-refractivity contribution is 6.38. The van der Waals surface area contributed by atoms with Crippen molar-refractivity contribution >= 4 is 23.6 Å². The molecule has 39 heavy (non-hydrogen) atoms. The summed E-state index contributed by atoms with van der Waals surface area (Å²) >= 11 is 0. The molecule has 0 aliphatic carbocycles. The van der Waals surface area contributed by atoms with Crippen LogP contribution >= 0.6 is 0 Å². The van der Waals surface area contributed by atoms with E-state index in [1.165, 1.54) is 14.2 Å². The third kappa shape index (κ3) is 11.1. The van der Waals surface area contributed by atoms with E-state index in [0.29, 0.717) is 49.8 Å². The number of morpholine rings is 1. The molecule has 1 aliphatic rings. The third-order valence-electron chi connectivity index (χ3n) is 6.28. The minimum absolute atomic E-state index is 0.0741. The van der Waals surface area contributed by atoms with Crippen LogP contribution in [0.25, 0.3) is 0 Å². The van der Waals surface area contributed by atoms with Crippen molar-refractivity contribution in [2.75, 3.05) is 53.6 Å². The summed E-state index contributed by atoms with van der Waals surface area (Å²) in [4.78, 5) is 53.2. The molecule has 12 heteroatoms. The zero-order chi connectivity index (χ0) is 28.8. The van der Waals surface area contributed by atoms with Gasteiger partial charge < -0.3 is 35.5 Å². The first-order valence-electron chi connectivity index (χ1n) is 13.4. The molecule has 0 spiro atoms. The van der Waals surface area contributed by atoms with E-state index in [-0.39, 0.29) is 18.9 Å². The summed E-state index contributed by atoms with van der Waals surface area (Å²) in [6, 6.07) is 2.79. The molecule has 0 aromatic heterocycles. The molecule has 1 saturated heterocycles. The molecular formula is C27H43N5O7. The number of carbonyl (C=O) groups is 4. The minimum Gasteiger partial charge on any atom is -0.497 e. The van der Waals surface area contributed by atoms with Crippen molar-refractivity contribution < 1.29 is 33.4 Å². The van der Waals surface area contributed by atoms with Crippen LogP contribution in [0.1, 0.15) is 39.2 Å². The number of ketones is 1. The number of nitrogens with zero attached hydrogens (tertiary/aromatic N) is 1. The Morgan fingerprint density at radius 3 is 2.15 bits per heavy atom. The van der Waals surface area contributed by atoms with Gasteiger partial charge in [0.1, 0.15) is 17.5 Å². The van der Waals surface area contributed by atoms with E-state index in [9.17, 15) is 19.2 Å². The lowest BCUT2D eigenvalue weighted by Crippen LogP contribution is -2.55. The van der Waals surface area contributed by atoms with Gasteiger partial charge in [0.05, 0.1) is 33.5 Å². The van der Waals surface area contributed by atoms with Gasteiger partial charge in [0.2, 0.25) is 11.7 Å².